The Labute approximate surface area is 149 Å². The molecule has 25 heavy (non-hydrogen) atoms. The average molecular weight is 364 g/mol. The van der Waals surface area contributed by atoms with Crippen molar-refractivity contribution < 1.29 is 24.2 Å². The number of amides is 1. The minimum Gasteiger partial charge on any atom is -0.497 e. The molecule has 0 bridgehead atoms. The number of hydrogen-bond donors (Lipinski definition) is 2. The smallest absolute Gasteiger partial charge is 0.305 e. The Morgan fingerprint density at radius 2 is 1.96 bits per heavy atom. The Kier molecular flexibility index (Phi) is 6.11. The van der Waals surface area contributed by atoms with E-state index in [9.17, 15) is 9.59 Å². The van der Waals surface area contributed by atoms with Crippen LogP contribution in [-0.2, 0) is 9.53 Å². The van der Waals surface area contributed by atoms with E-state index in [1.54, 1.807) is 14.0 Å². The molecule has 0 aliphatic heterocycles. The number of nitrogens with one attached hydrogen (secondary N) is 1. The molecule has 0 aliphatic carbocycles. The lowest BCUT2D eigenvalue weighted by atomic mass is 9.99. The Balaban J connectivity index is 2.14. The zero-order valence-corrected chi connectivity index (χ0v) is 15.1. The first-order valence-corrected chi connectivity index (χ1v) is 8.32. The molecule has 0 radical (unpaired) electrons. The largest absolute Gasteiger partial charge is 0.497 e. The molecule has 2 rings (SSSR count). The van der Waals surface area contributed by atoms with Crippen molar-refractivity contribution in [1.82, 2.24) is 10.3 Å². The van der Waals surface area contributed by atoms with Gasteiger partial charge in [0.25, 0.3) is 5.91 Å². The first-order chi connectivity index (χ1) is 11.9. The lowest BCUT2D eigenvalue weighted by Gasteiger charge is -2.28. The monoisotopic (exact) mass is 364 g/mol. The molecule has 1 atom stereocenters. The third-order valence-corrected chi connectivity index (χ3v) is 4.53. The Bertz CT molecular complexity index is 744. The van der Waals surface area contributed by atoms with Crippen molar-refractivity contribution in [3.63, 3.8) is 0 Å². The van der Waals surface area contributed by atoms with Crippen LogP contribution in [0, 0.1) is 0 Å². The molecular weight excluding hydrogens is 344 g/mol. The predicted molar refractivity (Wildman–Crippen MR) is 94.1 cm³/mol. The molecule has 2 aromatic rings. The number of thiazole rings is 1. The molecule has 1 amide bonds. The molecule has 0 spiro atoms. The van der Waals surface area contributed by atoms with Crippen molar-refractivity contribution in [3.05, 3.63) is 35.3 Å². The number of carbonyl (C=O) groups excluding carboxylic acids is 1. The van der Waals surface area contributed by atoms with E-state index in [1.165, 1.54) is 24.6 Å². The molecule has 0 saturated carbocycles. The number of carboxylic acids is 1. The van der Waals surface area contributed by atoms with Gasteiger partial charge in [0.15, 0.2) is 0 Å². The average Bonchev–Trinajstić information content (AvgIpc) is 3.04. The third kappa shape index (κ3) is 5.01. The summed E-state index contributed by atoms with van der Waals surface area (Å²) in [6, 6.07) is 7.36. The van der Waals surface area contributed by atoms with Gasteiger partial charge in [0, 0.05) is 12.7 Å². The number of rotatable bonds is 8. The van der Waals surface area contributed by atoms with Crippen LogP contribution in [0.4, 0.5) is 0 Å². The van der Waals surface area contributed by atoms with Gasteiger partial charge in [-0.1, -0.05) is 0 Å². The van der Waals surface area contributed by atoms with Crippen molar-refractivity contribution in [1.29, 1.82) is 0 Å². The minimum absolute atomic E-state index is 0.0924. The second-order valence-corrected chi connectivity index (χ2v) is 6.81. The van der Waals surface area contributed by atoms with Gasteiger partial charge in [0.05, 0.1) is 31.9 Å². The zero-order chi connectivity index (χ0) is 18.4. The van der Waals surface area contributed by atoms with E-state index in [0.29, 0.717) is 9.88 Å². The van der Waals surface area contributed by atoms with E-state index in [0.717, 1.165) is 11.3 Å². The molecule has 1 aromatic carbocycles. The van der Waals surface area contributed by atoms with Crippen LogP contribution in [0.2, 0.25) is 0 Å². The molecular formula is C17H20N2O5S. The summed E-state index contributed by atoms with van der Waals surface area (Å²) < 4.78 is 10.2. The number of carbonyl (C=O) groups is 2. The Hall–Kier alpha value is -2.45. The lowest BCUT2D eigenvalue weighted by molar-refractivity contribution is -0.139. The van der Waals surface area contributed by atoms with E-state index in [4.69, 9.17) is 14.6 Å². The Morgan fingerprint density at radius 1 is 1.28 bits per heavy atom. The molecule has 8 heteroatoms. The van der Waals surface area contributed by atoms with Gasteiger partial charge < -0.3 is 19.9 Å². The summed E-state index contributed by atoms with van der Waals surface area (Å²) in [6.45, 7) is 1.73. The molecule has 134 valence electrons. The van der Waals surface area contributed by atoms with Crippen LogP contribution in [0.25, 0.3) is 10.6 Å². The van der Waals surface area contributed by atoms with E-state index in [2.05, 4.69) is 10.3 Å². The number of aromatic nitrogens is 1. The summed E-state index contributed by atoms with van der Waals surface area (Å²) in [7, 11) is 3.05. The molecule has 0 saturated heterocycles. The second-order valence-electron chi connectivity index (χ2n) is 5.78. The second kappa shape index (κ2) is 8.09. The first kappa shape index (κ1) is 18.9. The highest BCUT2D eigenvalue weighted by Gasteiger charge is 2.30. The predicted octanol–water partition coefficient (Wildman–Crippen LogP) is 2.43. The van der Waals surface area contributed by atoms with Gasteiger partial charge in [-0.2, -0.15) is 0 Å². The number of aliphatic carboxylic acids is 1. The number of hydrogen-bond acceptors (Lipinski definition) is 6. The van der Waals surface area contributed by atoms with Crippen molar-refractivity contribution in [3.8, 4) is 16.3 Å². The summed E-state index contributed by atoms with van der Waals surface area (Å²) >= 11 is 1.23. The van der Waals surface area contributed by atoms with Crippen LogP contribution in [0.15, 0.2) is 30.5 Å². The van der Waals surface area contributed by atoms with E-state index >= 15 is 0 Å². The fraction of sp³-hybridized carbons (Fsp3) is 0.353. The van der Waals surface area contributed by atoms with Gasteiger partial charge in [-0.15, -0.1) is 11.3 Å². The van der Waals surface area contributed by atoms with Crippen LogP contribution in [-0.4, -0.2) is 48.3 Å². The molecule has 1 aromatic heterocycles. The molecule has 1 heterocycles. The SMILES string of the molecule is COCC(C)(CC(=O)O)NC(=O)c1cnc(-c2ccc(OC)cc2)s1. The van der Waals surface area contributed by atoms with Gasteiger partial charge in [-0.3, -0.25) is 9.59 Å². The van der Waals surface area contributed by atoms with Crippen molar-refractivity contribution >= 4 is 23.2 Å². The lowest BCUT2D eigenvalue weighted by Crippen LogP contribution is -2.50. The van der Waals surface area contributed by atoms with Gasteiger partial charge in [-0.05, 0) is 31.2 Å². The first-order valence-electron chi connectivity index (χ1n) is 7.50. The van der Waals surface area contributed by atoms with Crippen LogP contribution in [0.3, 0.4) is 0 Å². The maximum atomic E-state index is 12.5. The van der Waals surface area contributed by atoms with Crippen molar-refractivity contribution in [2.24, 2.45) is 0 Å². The maximum Gasteiger partial charge on any atom is 0.305 e. The standard InChI is InChI=1S/C17H20N2O5S/c1-17(10-23-2,8-14(20)21)19-15(22)13-9-18-16(25-13)11-4-6-12(24-3)7-5-11/h4-7,9H,8,10H2,1-3H3,(H,19,22)(H,20,21). The fourth-order valence-corrected chi connectivity index (χ4v) is 3.18. The highest BCUT2D eigenvalue weighted by atomic mass is 32.1. The van der Waals surface area contributed by atoms with Crippen LogP contribution in [0.5, 0.6) is 5.75 Å². The van der Waals surface area contributed by atoms with E-state index in [-0.39, 0.29) is 18.9 Å². The van der Waals surface area contributed by atoms with Gasteiger partial charge >= 0.3 is 5.97 Å². The molecule has 0 fully saturated rings. The van der Waals surface area contributed by atoms with Crippen LogP contribution in [0.1, 0.15) is 23.0 Å². The van der Waals surface area contributed by atoms with Gasteiger partial charge in [0.1, 0.15) is 15.6 Å². The summed E-state index contributed by atoms with van der Waals surface area (Å²) in [4.78, 5) is 28.1. The van der Waals surface area contributed by atoms with E-state index < -0.39 is 11.5 Å². The van der Waals surface area contributed by atoms with Crippen molar-refractivity contribution in [2.45, 2.75) is 18.9 Å². The van der Waals surface area contributed by atoms with Gasteiger partial charge in [0.2, 0.25) is 0 Å². The molecule has 0 aliphatic rings. The summed E-state index contributed by atoms with van der Waals surface area (Å²) in [6.07, 6.45) is 1.24. The van der Waals surface area contributed by atoms with Crippen molar-refractivity contribution in [2.75, 3.05) is 20.8 Å². The fourth-order valence-electron chi connectivity index (χ4n) is 2.37. The maximum absolute atomic E-state index is 12.5. The molecule has 1 unspecified atom stereocenters. The topological polar surface area (TPSA) is 97.8 Å². The number of carboxylic acid groups (broad SMARTS) is 1. The minimum atomic E-state index is -1.01. The quantitative estimate of drug-likeness (QED) is 0.747. The summed E-state index contributed by atoms with van der Waals surface area (Å²) in [5, 5.41) is 12.5. The molecule has 7 nitrogen and oxygen atoms in total. The van der Waals surface area contributed by atoms with Crippen LogP contribution >= 0.6 is 11.3 Å². The van der Waals surface area contributed by atoms with Crippen LogP contribution < -0.4 is 10.1 Å². The highest BCUT2D eigenvalue weighted by Crippen LogP contribution is 2.27. The summed E-state index contributed by atoms with van der Waals surface area (Å²) in [5.41, 5.74) is -0.128. The van der Waals surface area contributed by atoms with E-state index in [1.807, 2.05) is 24.3 Å². The third-order valence-electron chi connectivity index (χ3n) is 3.49. The number of nitrogens with zero attached hydrogens (tertiary/aromatic N) is 1. The number of ether oxygens (including phenoxy) is 2. The number of methoxy groups -OCH3 is 2. The zero-order valence-electron chi connectivity index (χ0n) is 14.2. The number of benzene rings is 1. The molecule has 2 N–H and O–H groups in total. The Morgan fingerprint density at radius 3 is 2.52 bits per heavy atom. The van der Waals surface area contributed by atoms with Gasteiger partial charge in [-0.25, -0.2) is 4.98 Å². The normalized spacial score (nSPS) is 13.1. The highest BCUT2D eigenvalue weighted by molar-refractivity contribution is 7.16. The summed E-state index contributed by atoms with van der Waals surface area (Å²) in [5.74, 6) is -0.650.